The van der Waals surface area contributed by atoms with Crippen molar-refractivity contribution in [3.05, 3.63) is 35.8 Å². The number of hydrogen-bond donors (Lipinski definition) is 1. The fourth-order valence-corrected chi connectivity index (χ4v) is 3.01. The first-order valence-electron chi connectivity index (χ1n) is 6.49. The summed E-state index contributed by atoms with van der Waals surface area (Å²) in [5, 5.41) is 1.26. The van der Waals surface area contributed by atoms with Gasteiger partial charge in [-0.25, -0.2) is 4.98 Å². The SMILES string of the molecule is COc1ccc2[nH]c3c(c2c1)CCn1c-3cnc1C. The van der Waals surface area contributed by atoms with Crippen molar-refractivity contribution in [2.75, 3.05) is 7.11 Å². The predicted molar refractivity (Wildman–Crippen MR) is 74.5 cm³/mol. The minimum absolute atomic E-state index is 0.907. The number of rotatable bonds is 1. The fourth-order valence-electron chi connectivity index (χ4n) is 3.01. The van der Waals surface area contributed by atoms with Crippen LogP contribution in [0, 0.1) is 6.92 Å². The Hall–Kier alpha value is -2.23. The third kappa shape index (κ3) is 1.37. The molecule has 0 radical (unpaired) electrons. The van der Waals surface area contributed by atoms with Crippen LogP contribution in [-0.2, 0) is 13.0 Å². The molecule has 0 amide bonds. The largest absolute Gasteiger partial charge is 0.497 e. The maximum Gasteiger partial charge on any atom is 0.119 e. The van der Waals surface area contributed by atoms with Crippen molar-refractivity contribution < 1.29 is 4.74 Å². The first kappa shape index (κ1) is 10.7. The van der Waals surface area contributed by atoms with Gasteiger partial charge in [0.15, 0.2) is 0 Å². The Balaban J connectivity index is 2.02. The van der Waals surface area contributed by atoms with E-state index < -0.39 is 0 Å². The molecule has 4 rings (SSSR count). The maximum atomic E-state index is 5.32. The van der Waals surface area contributed by atoms with Crippen LogP contribution in [0.2, 0.25) is 0 Å². The smallest absolute Gasteiger partial charge is 0.119 e. The summed E-state index contributed by atoms with van der Waals surface area (Å²) in [6, 6.07) is 6.19. The molecule has 3 aromatic rings. The minimum Gasteiger partial charge on any atom is -0.497 e. The number of nitrogens with zero attached hydrogens (tertiary/aromatic N) is 2. The maximum absolute atomic E-state index is 5.32. The molecule has 3 heterocycles. The highest BCUT2D eigenvalue weighted by atomic mass is 16.5. The number of nitrogens with one attached hydrogen (secondary N) is 1. The Kier molecular flexibility index (Phi) is 2.04. The first-order chi connectivity index (χ1) is 9.28. The number of H-pyrrole nitrogens is 1. The van der Waals surface area contributed by atoms with Crippen LogP contribution in [0.25, 0.3) is 22.3 Å². The predicted octanol–water partition coefficient (Wildman–Crippen LogP) is 2.90. The van der Waals surface area contributed by atoms with Crippen molar-refractivity contribution in [2.24, 2.45) is 0 Å². The highest BCUT2D eigenvalue weighted by molar-refractivity contribution is 5.91. The summed E-state index contributed by atoms with van der Waals surface area (Å²) in [6.45, 7) is 3.05. The van der Waals surface area contributed by atoms with Crippen molar-refractivity contribution in [1.29, 1.82) is 0 Å². The molecule has 1 aliphatic heterocycles. The van der Waals surface area contributed by atoms with Gasteiger partial charge < -0.3 is 14.3 Å². The highest BCUT2D eigenvalue weighted by Crippen LogP contribution is 2.36. The second kappa shape index (κ2) is 3.63. The molecule has 19 heavy (non-hydrogen) atoms. The molecule has 0 saturated heterocycles. The molecular weight excluding hydrogens is 238 g/mol. The molecular formula is C15H15N3O. The topological polar surface area (TPSA) is 42.8 Å². The minimum atomic E-state index is 0.907. The number of benzene rings is 1. The lowest BCUT2D eigenvalue weighted by Gasteiger charge is -2.16. The number of hydrogen-bond acceptors (Lipinski definition) is 2. The number of ether oxygens (including phenoxy) is 1. The number of aromatic amines is 1. The van der Waals surface area contributed by atoms with Crippen molar-refractivity contribution in [2.45, 2.75) is 19.9 Å². The van der Waals surface area contributed by atoms with Crippen LogP contribution in [-0.4, -0.2) is 21.6 Å². The summed E-state index contributed by atoms with van der Waals surface area (Å²) < 4.78 is 7.60. The van der Waals surface area contributed by atoms with Gasteiger partial charge in [0.05, 0.1) is 24.7 Å². The summed E-state index contributed by atoms with van der Waals surface area (Å²) in [6.07, 6.45) is 2.99. The molecule has 2 aromatic heterocycles. The molecule has 0 bridgehead atoms. The van der Waals surface area contributed by atoms with Gasteiger partial charge in [-0.1, -0.05) is 0 Å². The van der Waals surface area contributed by atoms with Gasteiger partial charge in [0.25, 0.3) is 0 Å². The van der Waals surface area contributed by atoms with E-state index in [-0.39, 0.29) is 0 Å². The molecule has 1 aliphatic rings. The van der Waals surface area contributed by atoms with E-state index in [0.29, 0.717) is 0 Å². The van der Waals surface area contributed by atoms with Crippen LogP contribution in [0.3, 0.4) is 0 Å². The zero-order chi connectivity index (χ0) is 13.0. The quantitative estimate of drug-likeness (QED) is 0.724. The summed E-state index contributed by atoms with van der Waals surface area (Å²) >= 11 is 0. The Morgan fingerprint density at radius 1 is 1.37 bits per heavy atom. The number of fused-ring (bicyclic) bond motifs is 5. The molecule has 0 unspecified atom stereocenters. The van der Waals surface area contributed by atoms with E-state index in [0.717, 1.165) is 30.1 Å². The van der Waals surface area contributed by atoms with Crippen molar-refractivity contribution in [1.82, 2.24) is 14.5 Å². The molecule has 0 aliphatic carbocycles. The first-order valence-corrected chi connectivity index (χ1v) is 6.49. The highest BCUT2D eigenvalue weighted by Gasteiger charge is 2.22. The van der Waals surface area contributed by atoms with E-state index >= 15 is 0 Å². The molecule has 0 fully saturated rings. The van der Waals surface area contributed by atoms with Gasteiger partial charge >= 0.3 is 0 Å². The molecule has 4 heteroatoms. The number of imidazole rings is 1. The summed E-state index contributed by atoms with van der Waals surface area (Å²) in [4.78, 5) is 7.94. The molecule has 0 saturated carbocycles. The molecule has 1 N–H and O–H groups in total. The summed E-state index contributed by atoms with van der Waals surface area (Å²) in [5.74, 6) is 1.99. The zero-order valence-corrected chi connectivity index (χ0v) is 11.0. The van der Waals surface area contributed by atoms with E-state index in [1.807, 2.05) is 12.3 Å². The standard InChI is InChI=1S/C15H15N3O/c1-9-16-8-14-15-11(5-6-18(9)14)12-7-10(19-2)3-4-13(12)17-15/h3-4,7-8,17H,5-6H2,1-2H3. The molecule has 0 atom stereocenters. The molecule has 1 aromatic carbocycles. The lowest BCUT2D eigenvalue weighted by atomic mass is 10.0. The Morgan fingerprint density at radius 2 is 2.26 bits per heavy atom. The van der Waals surface area contributed by atoms with Gasteiger partial charge in [0.2, 0.25) is 0 Å². The number of aromatic nitrogens is 3. The Labute approximate surface area is 111 Å². The molecule has 96 valence electrons. The number of methoxy groups -OCH3 is 1. The van der Waals surface area contributed by atoms with Gasteiger partial charge in [0, 0.05) is 17.4 Å². The van der Waals surface area contributed by atoms with Crippen LogP contribution in [0.5, 0.6) is 5.75 Å². The van der Waals surface area contributed by atoms with Crippen LogP contribution in [0.1, 0.15) is 11.4 Å². The van der Waals surface area contributed by atoms with E-state index in [2.05, 4.69) is 33.6 Å². The normalized spacial score (nSPS) is 13.4. The van der Waals surface area contributed by atoms with E-state index in [1.54, 1.807) is 7.11 Å². The molecule has 0 spiro atoms. The van der Waals surface area contributed by atoms with Crippen LogP contribution >= 0.6 is 0 Å². The van der Waals surface area contributed by atoms with Gasteiger partial charge in [-0.15, -0.1) is 0 Å². The molecule has 4 nitrogen and oxygen atoms in total. The summed E-state index contributed by atoms with van der Waals surface area (Å²) in [7, 11) is 1.71. The second-order valence-electron chi connectivity index (χ2n) is 4.98. The third-order valence-corrected chi connectivity index (χ3v) is 4.01. The fraction of sp³-hybridized carbons (Fsp3) is 0.267. The van der Waals surface area contributed by atoms with Crippen molar-refractivity contribution in [3.8, 4) is 17.1 Å². The van der Waals surface area contributed by atoms with Gasteiger partial charge in [-0.2, -0.15) is 0 Å². The average Bonchev–Trinajstić information content (AvgIpc) is 2.99. The lowest BCUT2D eigenvalue weighted by molar-refractivity contribution is 0.415. The third-order valence-electron chi connectivity index (χ3n) is 4.01. The van der Waals surface area contributed by atoms with Gasteiger partial charge in [-0.05, 0) is 37.1 Å². The van der Waals surface area contributed by atoms with Crippen LogP contribution in [0.15, 0.2) is 24.4 Å². The average molecular weight is 253 g/mol. The zero-order valence-electron chi connectivity index (χ0n) is 11.0. The van der Waals surface area contributed by atoms with Crippen molar-refractivity contribution in [3.63, 3.8) is 0 Å². The van der Waals surface area contributed by atoms with Crippen molar-refractivity contribution >= 4 is 10.9 Å². The second-order valence-corrected chi connectivity index (χ2v) is 4.98. The van der Waals surface area contributed by atoms with Gasteiger partial charge in [-0.3, -0.25) is 0 Å². The summed E-state index contributed by atoms with van der Waals surface area (Å²) in [5.41, 5.74) is 4.93. The monoisotopic (exact) mass is 253 g/mol. The van der Waals surface area contributed by atoms with E-state index in [1.165, 1.54) is 22.3 Å². The Morgan fingerprint density at radius 3 is 3.11 bits per heavy atom. The Bertz CT molecular complexity index is 782. The van der Waals surface area contributed by atoms with Crippen LogP contribution < -0.4 is 4.74 Å². The van der Waals surface area contributed by atoms with Gasteiger partial charge in [0.1, 0.15) is 11.6 Å². The van der Waals surface area contributed by atoms with E-state index in [4.69, 9.17) is 4.74 Å². The number of aryl methyl sites for hydroxylation is 2. The lowest BCUT2D eigenvalue weighted by Crippen LogP contribution is -2.11. The van der Waals surface area contributed by atoms with Crippen LogP contribution in [0.4, 0.5) is 0 Å². The van der Waals surface area contributed by atoms with E-state index in [9.17, 15) is 0 Å².